The molecule has 1 atom stereocenters. The molecule has 23 heavy (non-hydrogen) atoms. The van der Waals surface area contributed by atoms with Gasteiger partial charge in [0, 0.05) is 39.4 Å². The molecule has 2 rings (SSSR count). The van der Waals surface area contributed by atoms with Crippen molar-refractivity contribution in [3.63, 3.8) is 0 Å². The van der Waals surface area contributed by atoms with Gasteiger partial charge in [0.05, 0.1) is 0 Å². The molecule has 0 bridgehead atoms. The average molecular weight is 325 g/mol. The van der Waals surface area contributed by atoms with Crippen molar-refractivity contribution in [3.05, 3.63) is 0 Å². The zero-order valence-corrected chi connectivity index (χ0v) is 15.1. The van der Waals surface area contributed by atoms with Crippen LogP contribution in [0.1, 0.15) is 46.0 Å². The highest BCUT2D eigenvalue weighted by Gasteiger charge is 2.21. The number of hydrogen-bond donors (Lipinski definition) is 2. The van der Waals surface area contributed by atoms with Crippen molar-refractivity contribution in [2.24, 2.45) is 16.8 Å². The van der Waals surface area contributed by atoms with Crippen molar-refractivity contribution >= 4 is 5.96 Å². The third-order valence-electron chi connectivity index (χ3n) is 4.57. The Bertz CT molecular complexity index is 344. The van der Waals surface area contributed by atoms with Gasteiger partial charge in [-0.1, -0.05) is 6.92 Å². The van der Waals surface area contributed by atoms with E-state index in [1.165, 1.54) is 45.3 Å². The Hall–Kier alpha value is -0.810. The predicted molar refractivity (Wildman–Crippen MR) is 97.0 cm³/mol. The zero-order valence-electron chi connectivity index (χ0n) is 15.1. The van der Waals surface area contributed by atoms with E-state index in [1.54, 1.807) is 0 Å². The summed E-state index contributed by atoms with van der Waals surface area (Å²) in [6.45, 7) is 12.7. The Morgan fingerprint density at radius 1 is 1.17 bits per heavy atom. The standard InChI is InChI=1S/C18H36N4O/c1-3-10-22-11-8-17(14-22)13-21-18(19-4-2)20-9-5-12-23-15-16-6-7-16/h16-17H,3-15H2,1-2H3,(H2,19,20,21). The molecular formula is C18H36N4O. The summed E-state index contributed by atoms with van der Waals surface area (Å²) in [5, 5.41) is 6.78. The molecule has 5 nitrogen and oxygen atoms in total. The number of aliphatic imine (C=N–C) groups is 1. The second-order valence-electron chi connectivity index (χ2n) is 6.97. The monoisotopic (exact) mass is 324 g/mol. The Morgan fingerprint density at radius 2 is 2.04 bits per heavy atom. The van der Waals surface area contributed by atoms with E-state index in [2.05, 4.69) is 29.4 Å². The third kappa shape index (κ3) is 8.02. The van der Waals surface area contributed by atoms with Crippen LogP contribution in [0.2, 0.25) is 0 Å². The van der Waals surface area contributed by atoms with E-state index in [1.807, 2.05) is 0 Å². The Balaban J connectivity index is 1.57. The van der Waals surface area contributed by atoms with Crippen molar-refractivity contribution in [2.45, 2.75) is 46.0 Å². The molecular weight excluding hydrogens is 288 g/mol. The van der Waals surface area contributed by atoms with Gasteiger partial charge in [-0.05, 0) is 64.0 Å². The lowest BCUT2D eigenvalue weighted by atomic mass is 10.1. The molecule has 1 aliphatic carbocycles. The van der Waals surface area contributed by atoms with Crippen LogP contribution < -0.4 is 10.6 Å². The minimum absolute atomic E-state index is 0.721. The maximum absolute atomic E-state index is 5.67. The summed E-state index contributed by atoms with van der Waals surface area (Å²) in [7, 11) is 0. The number of guanidine groups is 1. The normalized spacial score (nSPS) is 22.5. The number of nitrogens with one attached hydrogen (secondary N) is 2. The minimum Gasteiger partial charge on any atom is -0.381 e. The summed E-state index contributed by atoms with van der Waals surface area (Å²) in [6.07, 6.45) is 6.32. The molecule has 0 amide bonds. The molecule has 2 N–H and O–H groups in total. The van der Waals surface area contributed by atoms with Crippen molar-refractivity contribution < 1.29 is 4.74 Å². The van der Waals surface area contributed by atoms with Crippen LogP contribution in [0, 0.1) is 11.8 Å². The van der Waals surface area contributed by atoms with Crippen LogP contribution in [-0.2, 0) is 4.74 Å². The van der Waals surface area contributed by atoms with E-state index in [0.717, 1.165) is 57.1 Å². The summed E-state index contributed by atoms with van der Waals surface area (Å²) in [5.41, 5.74) is 0. The topological polar surface area (TPSA) is 48.9 Å². The maximum atomic E-state index is 5.67. The van der Waals surface area contributed by atoms with Crippen LogP contribution in [0.3, 0.4) is 0 Å². The predicted octanol–water partition coefficient (Wildman–Crippen LogP) is 2.09. The molecule has 1 saturated carbocycles. The third-order valence-corrected chi connectivity index (χ3v) is 4.57. The molecule has 2 fully saturated rings. The van der Waals surface area contributed by atoms with Crippen molar-refractivity contribution in [1.82, 2.24) is 15.5 Å². The molecule has 0 aromatic heterocycles. The Labute approximate surface area is 142 Å². The molecule has 0 spiro atoms. The fraction of sp³-hybridized carbons (Fsp3) is 0.944. The molecule has 1 aliphatic heterocycles. The van der Waals surface area contributed by atoms with E-state index in [4.69, 9.17) is 9.73 Å². The highest BCUT2D eigenvalue weighted by atomic mass is 16.5. The highest BCUT2D eigenvalue weighted by molar-refractivity contribution is 5.79. The van der Waals surface area contributed by atoms with Crippen molar-refractivity contribution in [2.75, 3.05) is 52.5 Å². The van der Waals surface area contributed by atoms with Gasteiger partial charge in [-0.15, -0.1) is 0 Å². The minimum atomic E-state index is 0.721. The van der Waals surface area contributed by atoms with Gasteiger partial charge in [-0.2, -0.15) is 0 Å². The second kappa shape index (κ2) is 10.9. The van der Waals surface area contributed by atoms with Gasteiger partial charge in [-0.25, -0.2) is 0 Å². The number of rotatable bonds is 11. The first-order chi connectivity index (χ1) is 11.3. The van der Waals surface area contributed by atoms with Gasteiger partial charge in [-0.3, -0.25) is 4.99 Å². The van der Waals surface area contributed by atoms with Gasteiger partial charge >= 0.3 is 0 Å². The maximum Gasteiger partial charge on any atom is 0.191 e. The lowest BCUT2D eigenvalue weighted by Crippen LogP contribution is -2.38. The van der Waals surface area contributed by atoms with Crippen LogP contribution in [-0.4, -0.2) is 63.3 Å². The van der Waals surface area contributed by atoms with E-state index in [9.17, 15) is 0 Å². The van der Waals surface area contributed by atoms with Gasteiger partial charge < -0.3 is 20.3 Å². The zero-order chi connectivity index (χ0) is 16.3. The fourth-order valence-electron chi connectivity index (χ4n) is 3.06. The number of likely N-dealkylation sites (tertiary alicyclic amines) is 1. The van der Waals surface area contributed by atoms with E-state index in [0.29, 0.717) is 0 Å². The molecule has 1 saturated heterocycles. The van der Waals surface area contributed by atoms with E-state index >= 15 is 0 Å². The van der Waals surface area contributed by atoms with Crippen LogP contribution in [0.25, 0.3) is 0 Å². The van der Waals surface area contributed by atoms with Gasteiger partial charge in [0.2, 0.25) is 0 Å². The molecule has 2 aliphatic rings. The highest BCUT2D eigenvalue weighted by Crippen LogP contribution is 2.28. The number of ether oxygens (including phenoxy) is 1. The number of hydrogen-bond acceptors (Lipinski definition) is 3. The SMILES string of the molecule is CCCN1CCC(CN=C(NCC)NCCCOCC2CC2)C1. The van der Waals surface area contributed by atoms with Gasteiger partial charge in [0.1, 0.15) is 0 Å². The first-order valence-corrected chi connectivity index (χ1v) is 9.64. The first-order valence-electron chi connectivity index (χ1n) is 9.64. The summed E-state index contributed by atoms with van der Waals surface area (Å²) in [5.74, 6) is 2.54. The summed E-state index contributed by atoms with van der Waals surface area (Å²) in [4.78, 5) is 7.34. The molecule has 0 radical (unpaired) electrons. The van der Waals surface area contributed by atoms with Crippen LogP contribution in [0.4, 0.5) is 0 Å². The first kappa shape index (κ1) is 18.5. The number of nitrogens with zero attached hydrogens (tertiary/aromatic N) is 2. The lowest BCUT2D eigenvalue weighted by molar-refractivity contribution is 0.123. The largest absolute Gasteiger partial charge is 0.381 e. The summed E-state index contributed by atoms with van der Waals surface area (Å²) >= 11 is 0. The van der Waals surface area contributed by atoms with Gasteiger partial charge in [0.15, 0.2) is 5.96 Å². The fourth-order valence-corrected chi connectivity index (χ4v) is 3.06. The summed E-state index contributed by atoms with van der Waals surface area (Å²) in [6, 6.07) is 0. The quantitative estimate of drug-likeness (QED) is 0.347. The molecule has 5 heteroatoms. The van der Waals surface area contributed by atoms with Crippen molar-refractivity contribution in [3.8, 4) is 0 Å². The smallest absolute Gasteiger partial charge is 0.191 e. The van der Waals surface area contributed by atoms with Crippen LogP contribution in [0.15, 0.2) is 4.99 Å². The average Bonchev–Trinajstić information content (AvgIpc) is 3.27. The molecule has 0 aromatic rings. The van der Waals surface area contributed by atoms with Crippen molar-refractivity contribution in [1.29, 1.82) is 0 Å². The summed E-state index contributed by atoms with van der Waals surface area (Å²) < 4.78 is 5.67. The Morgan fingerprint density at radius 3 is 2.78 bits per heavy atom. The van der Waals surface area contributed by atoms with Gasteiger partial charge in [0.25, 0.3) is 0 Å². The molecule has 0 aromatic carbocycles. The van der Waals surface area contributed by atoms with Crippen LogP contribution in [0.5, 0.6) is 0 Å². The van der Waals surface area contributed by atoms with E-state index in [-0.39, 0.29) is 0 Å². The second-order valence-corrected chi connectivity index (χ2v) is 6.97. The molecule has 134 valence electrons. The molecule has 1 heterocycles. The molecule has 1 unspecified atom stereocenters. The lowest BCUT2D eigenvalue weighted by Gasteiger charge is -2.15. The Kier molecular flexibility index (Phi) is 8.76. The van der Waals surface area contributed by atoms with Crippen LogP contribution >= 0.6 is 0 Å². The van der Waals surface area contributed by atoms with E-state index < -0.39 is 0 Å².